The topological polar surface area (TPSA) is 57.2 Å². The maximum Gasteiger partial charge on any atom is 0.264 e. The SMILES string of the molecule is N#C/C(=C/c1ccc(-c2ccc(Cl)cc2)o1)C(=O)N1CCCCC1. The van der Waals surface area contributed by atoms with E-state index in [1.165, 1.54) is 6.08 Å². The highest BCUT2D eigenvalue weighted by atomic mass is 35.5. The van der Waals surface area contributed by atoms with E-state index in [1.807, 2.05) is 24.3 Å². The smallest absolute Gasteiger partial charge is 0.264 e. The van der Waals surface area contributed by atoms with Gasteiger partial charge < -0.3 is 9.32 Å². The van der Waals surface area contributed by atoms with Crippen molar-refractivity contribution in [2.45, 2.75) is 19.3 Å². The number of carbonyl (C=O) groups is 1. The molecule has 0 radical (unpaired) electrons. The van der Waals surface area contributed by atoms with Gasteiger partial charge in [0.1, 0.15) is 23.2 Å². The molecule has 0 bridgehead atoms. The molecule has 0 saturated carbocycles. The number of amides is 1. The summed E-state index contributed by atoms with van der Waals surface area (Å²) in [5.41, 5.74) is 0.994. The molecule has 1 saturated heterocycles. The lowest BCUT2D eigenvalue weighted by molar-refractivity contribution is -0.127. The lowest BCUT2D eigenvalue weighted by Gasteiger charge is -2.26. The molecule has 1 amide bonds. The van der Waals surface area contributed by atoms with Gasteiger partial charge in [0.2, 0.25) is 0 Å². The predicted octanol–water partition coefficient (Wildman–Crippen LogP) is 4.52. The van der Waals surface area contributed by atoms with Gasteiger partial charge in [0.25, 0.3) is 5.91 Å². The summed E-state index contributed by atoms with van der Waals surface area (Å²) in [6.45, 7) is 1.43. The molecule has 1 aliphatic rings. The van der Waals surface area contributed by atoms with Crippen molar-refractivity contribution in [1.29, 1.82) is 5.26 Å². The normalized spacial score (nSPS) is 15.2. The first-order valence-corrected chi connectivity index (χ1v) is 8.32. The largest absolute Gasteiger partial charge is 0.457 e. The van der Waals surface area contributed by atoms with E-state index in [0.717, 1.165) is 24.8 Å². The van der Waals surface area contributed by atoms with Crippen LogP contribution in [0, 0.1) is 11.3 Å². The number of piperidine rings is 1. The summed E-state index contributed by atoms with van der Waals surface area (Å²) in [6.07, 6.45) is 4.63. The number of hydrogen-bond donors (Lipinski definition) is 0. The highest BCUT2D eigenvalue weighted by Crippen LogP contribution is 2.25. The third-order valence-electron chi connectivity index (χ3n) is 4.04. The Labute approximate surface area is 145 Å². The Kier molecular flexibility index (Phi) is 5.02. The Morgan fingerprint density at radius 2 is 1.83 bits per heavy atom. The van der Waals surface area contributed by atoms with Crippen LogP contribution in [0.3, 0.4) is 0 Å². The molecule has 2 heterocycles. The van der Waals surface area contributed by atoms with Crippen molar-refractivity contribution < 1.29 is 9.21 Å². The van der Waals surface area contributed by atoms with Crippen molar-refractivity contribution in [1.82, 2.24) is 4.90 Å². The van der Waals surface area contributed by atoms with Gasteiger partial charge in [-0.05, 0) is 55.7 Å². The second-order valence-electron chi connectivity index (χ2n) is 5.73. The summed E-state index contributed by atoms with van der Waals surface area (Å²) in [5, 5.41) is 9.98. The van der Waals surface area contributed by atoms with E-state index in [-0.39, 0.29) is 11.5 Å². The third-order valence-corrected chi connectivity index (χ3v) is 4.29. The minimum atomic E-state index is -0.221. The second kappa shape index (κ2) is 7.37. The first-order chi connectivity index (χ1) is 11.7. The second-order valence-corrected chi connectivity index (χ2v) is 6.17. The van der Waals surface area contributed by atoms with Crippen molar-refractivity contribution in [3.05, 3.63) is 52.8 Å². The fraction of sp³-hybridized carbons (Fsp3) is 0.263. The van der Waals surface area contributed by atoms with E-state index in [4.69, 9.17) is 16.0 Å². The first-order valence-electron chi connectivity index (χ1n) is 7.94. The predicted molar refractivity (Wildman–Crippen MR) is 93.2 cm³/mol. The molecule has 0 unspecified atom stereocenters. The zero-order valence-corrected chi connectivity index (χ0v) is 13.9. The van der Waals surface area contributed by atoms with Crippen molar-refractivity contribution in [2.75, 3.05) is 13.1 Å². The fourth-order valence-corrected chi connectivity index (χ4v) is 2.88. The van der Waals surface area contributed by atoms with Gasteiger partial charge in [0.05, 0.1) is 0 Å². The maximum absolute atomic E-state index is 12.4. The Morgan fingerprint density at radius 3 is 2.50 bits per heavy atom. The summed E-state index contributed by atoms with van der Waals surface area (Å²) in [4.78, 5) is 14.2. The summed E-state index contributed by atoms with van der Waals surface area (Å²) >= 11 is 5.88. The molecule has 2 aromatic rings. The molecule has 0 spiro atoms. The molecule has 4 nitrogen and oxygen atoms in total. The molecule has 5 heteroatoms. The third kappa shape index (κ3) is 3.69. The molecule has 0 aliphatic carbocycles. The quantitative estimate of drug-likeness (QED) is 0.609. The van der Waals surface area contributed by atoms with Crippen LogP contribution in [0.1, 0.15) is 25.0 Å². The van der Waals surface area contributed by atoms with E-state index >= 15 is 0 Å². The summed E-state index contributed by atoms with van der Waals surface area (Å²) in [5.74, 6) is 0.934. The molecular formula is C19H17ClN2O2. The minimum absolute atomic E-state index is 0.105. The first kappa shape index (κ1) is 16.4. The maximum atomic E-state index is 12.4. The highest BCUT2D eigenvalue weighted by Gasteiger charge is 2.20. The summed E-state index contributed by atoms with van der Waals surface area (Å²) in [7, 11) is 0. The number of halogens is 1. The number of hydrogen-bond acceptors (Lipinski definition) is 3. The van der Waals surface area contributed by atoms with Crippen molar-refractivity contribution in [3.8, 4) is 17.4 Å². The van der Waals surface area contributed by atoms with E-state index in [2.05, 4.69) is 0 Å². The van der Waals surface area contributed by atoms with E-state index in [1.54, 1.807) is 23.1 Å². The zero-order chi connectivity index (χ0) is 16.9. The van der Waals surface area contributed by atoms with Crippen LogP contribution < -0.4 is 0 Å². The van der Waals surface area contributed by atoms with Crippen LogP contribution in [-0.4, -0.2) is 23.9 Å². The fourth-order valence-electron chi connectivity index (χ4n) is 2.75. The average molecular weight is 341 g/mol. The van der Waals surface area contributed by atoms with Gasteiger partial charge in [-0.15, -0.1) is 0 Å². The Bertz CT molecular complexity index is 794. The van der Waals surface area contributed by atoms with Gasteiger partial charge >= 0.3 is 0 Å². The molecule has 122 valence electrons. The van der Waals surface area contributed by atoms with Gasteiger partial charge in [0.15, 0.2) is 0 Å². The standard InChI is InChI=1S/C19H17ClN2O2/c20-16-6-4-14(5-7-16)18-9-8-17(24-18)12-15(13-21)19(23)22-10-2-1-3-11-22/h4-9,12H,1-3,10-11H2/b15-12-. The van der Waals surface area contributed by atoms with Crippen molar-refractivity contribution >= 4 is 23.6 Å². The zero-order valence-electron chi connectivity index (χ0n) is 13.2. The van der Waals surface area contributed by atoms with Crippen LogP contribution in [0.15, 0.2) is 46.4 Å². The van der Waals surface area contributed by atoms with Crippen LogP contribution in [0.5, 0.6) is 0 Å². The van der Waals surface area contributed by atoms with Gasteiger partial charge in [-0.2, -0.15) is 5.26 Å². The average Bonchev–Trinajstić information content (AvgIpc) is 3.09. The van der Waals surface area contributed by atoms with Gasteiger partial charge in [-0.25, -0.2) is 0 Å². The molecule has 24 heavy (non-hydrogen) atoms. The van der Waals surface area contributed by atoms with Crippen LogP contribution in [0.25, 0.3) is 17.4 Å². The summed E-state index contributed by atoms with van der Waals surface area (Å²) in [6, 6.07) is 12.9. The molecular weight excluding hydrogens is 324 g/mol. The van der Waals surface area contributed by atoms with E-state index in [0.29, 0.717) is 29.6 Å². The summed E-state index contributed by atoms with van der Waals surface area (Å²) < 4.78 is 5.74. The van der Waals surface area contributed by atoms with Crippen LogP contribution in [0.4, 0.5) is 0 Å². The van der Waals surface area contributed by atoms with E-state index in [9.17, 15) is 10.1 Å². The van der Waals surface area contributed by atoms with Crippen LogP contribution >= 0.6 is 11.6 Å². The molecule has 3 rings (SSSR count). The number of nitriles is 1. The molecule has 1 aromatic carbocycles. The monoisotopic (exact) mass is 340 g/mol. The van der Waals surface area contributed by atoms with Gasteiger partial charge in [0, 0.05) is 29.8 Å². The molecule has 0 atom stereocenters. The molecule has 1 aromatic heterocycles. The van der Waals surface area contributed by atoms with Crippen LogP contribution in [-0.2, 0) is 4.79 Å². The van der Waals surface area contributed by atoms with Crippen LogP contribution in [0.2, 0.25) is 5.02 Å². The van der Waals surface area contributed by atoms with Gasteiger partial charge in [-0.1, -0.05) is 11.6 Å². The van der Waals surface area contributed by atoms with Gasteiger partial charge in [-0.3, -0.25) is 4.79 Å². The number of rotatable bonds is 3. The Morgan fingerprint density at radius 1 is 1.12 bits per heavy atom. The molecule has 1 aliphatic heterocycles. The number of furan rings is 1. The molecule has 0 N–H and O–H groups in total. The lowest BCUT2D eigenvalue weighted by atomic mass is 10.1. The molecule has 1 fully saturated rings. The van der Waals surface area contributed by atoms with Crippen molar-refractivity contribution in [2.24, 2.45) is 0 Å². The Balaban J connectivity index is 1.80. The van der Waals surface area contributed by atoms with Crippen molar-refractivity contribution in [3.63, 3.8) is 0 Å². The number of benzene rings is 1. The number of nitrogens with zero attached hydrogens (tertiary/aromatic N) is 2. The number of carbonyl (C=O) groups excluding carboxylic acids is 1. The minimum Gasteiger partial charge on any atom is -0.457 e. The highest BCUT2D eigenvalue weighted by molar-refractivity contribution is 6.30. The Hall–Kier alpha value is -2.51. The number of likely N-dealkylation sites (tertiary alicyclic amines) is 1. The van der Waals surface area contributed by atoms with E-state index < -0.39 is 0 Å². The lowest BCUT2D eigenvalue weighted by Crippen LogP contribution is -2.36.